The molecule has 2 unspecified atom stereocenters. The van der Waals surface area contributed by atoms with E-state index in [9.17, 15) is 19.5 Å². The van der Waals surface area contributed by atoms with Gasteiger partial charge in [0, 0.05) is 10.6 Å². The number of thioether (sulfide) groups is 1. The molecule has 1 saturated heterocycles. The Kier molecular flexibility index (Phi) is 5.74. The number of hydrogen-bond acceptors (Lipinski definition) is 6. The molecule has 9 heteroatoms. The van der Waals surface area contributed by atoms with E-state index < -0.39 is 23.3 Å². The second kappa shape index (κ2) is 8.45. The van der Waals surface area contributed by atoms with E-state index in [1.807, 2.05) is 43.3 Å². The van der Waals surface area contributed by atoms with Gasteiger partial charge in [0.05, 0.1) is 17.6 Å². The smallest absolute Gasteiger partial charge is 0.352 e. The Morgan fingerprint density at radius 1 is 1.30 bits per heavy atom. The van der Waals surface area contributed by atoms with Crippen LogP contribution >= 0.6 is 23.1 Å². The lowest BCUT2D eigenvalue weighted by Gasteiger charge is -2.49. The van der Waals surface area contributed by atoms with E-state index >= 15 is 0 Å². The van der Waals surface area contributed by atoms with Crippen molar-refractivity contribution in [1.29, 1.82) is 0 Å². The number of carbonyl (C=O) groups is 3. The van der Waals surface area contributed by atoms with Gasteiger partial charge in [-0.15, -0.1) is 23.1 Å². The number of aliphatic carboxylic acids is 1. The second-order valence-electron chi connectivity index (χ2n) is 6.93. The summed E-state index contributed by atoms with van der Waals surface area (Å²) >= 11 is 2.92. The lowest BCUT2D eigenvalue weighted by Crippen LogP contribution is -2.70. The molecule has 1 aromatic carbocycles. The van der Waals surface area contributed by atoms with Gasteiger partial charge in [0.15, 0.2) is 0 Å². The predicted molar refractivity (Wildman–Crippen MR) is 116 cm³/mol. The molecular weight excluding hydrogens is 422 g/mol. The highest BCUT2D eigenvalue weighted by molar-refractivity contribution is 8.00. The van der Waals surface area contributed by atoms with Crippen molar-refractivity contribution in [2.45, 2.75) is 24.8 Å². The van der Waals surface area contributed by atoms with Gasteiger partial charge in [-0.1, -0.05) is 36.4 Å². The maximum absolute atomic E-state index is 12.7. The number of amides is 2. The van der Waals surface area contributed by atoms with Crippen molar-refractivity contribution in [1.82, 2.24) is 15.2 Å². The fraction of sp³-hybridized carbons (Fsp3) is 0.238. The van der Waals surface area contributed by atoms with Gasteiger partial charge in [0.25, 0.3) is 5.91 Å². The van der Waals surface area contributed by atoms with Crippen LogP contribution in [0, 0.1) is 6.92 Å². The van der Waals surface area contributed by atoms with Crippen LogP contribution in [0.1, 0.15) is 16.1 Å². The number of thiazole rings is 1. The van der Waals surface area contributed by atoms with E-state index in [0.29, 0.717) is 11.3 Å². The third kappa shape index (κ3) is 3.90. The van der Waals surface area contributed by atoms with E-state index in [0.717, 1.165) is 16.1 Å². The fourth-order valence-corrected chi connectivity index (χ4v) is 5.44. The number of carbonyl (C=O) groups excluding carboxylic acids is 2. The molecule has 1 aromatic heterocycles. The van der Waals surface area contributed by atoms with Gasteiger partial charge in [-0.05, 0) is 24.1 Å². The molecule has 4 rings (SSSR count). The maximum Gasteiger partial charge on any atom is 0.352 e. The highest BCUT2D eigenvalue weighted by Crippen LogP contribution is 2.40. The number of nitrogens with zero attached hydrogens (tertiary/aromatic N) is 2. The topological polar surface area (TPSA) is 99.6 Å². The Bertz CT molecular complexity index is 1060. The number of carboxylic acid groups (broad SMARTS) is 1. The van der Waals surface area contributed by atoms with E-state index in [-0.39, 0.29) is 18.0 Å². The zero-order chi connectivity index (χ0) is 21.3. The van der Waals surface area contributed by atoms with Crippen LogP contribution in [-0.2, 0) is 20.8 Å². The van der Waals surface area contributed by atoms with Gasteiger partial charge in [-0.25, -0.2) is 9.78 Å². The Labute approximate surface area is 181 Å². The standard InChI is InChI=1S/C21H19N3O4S2/c1-12-15(30-11-22-12)8-7-14-10-29-20-17(19(26)24(20)18(14)21(27)28)23-16(25)9-13-5-3-2-4-6-13/h2-8,11,17,20H,9-10H2,1H3,(H,23,25)(H,27,28)/b8-7-. The van der Waals surface area contributed by atoms with Crippen LogP contribution < -0.4 is 5.32 Å². The minimum absolute atomic E-state index is 0.0178. The monoisotopic (exact) mass is 441 g/mol. The minimum atomic E-state index is -1.15. The van der Waals surface area contributed by atoms with Crippen LogP contribution in [0.15, 0.2) is 53.2 Å². The van der Waals surface area contributed by atoms with E-state index in [1.54, 1.807) is 11.6 Å². The normalized spacial score (nSPS) is 20.8. The van der Waals surface area contributed by atoms with Crippen LogP contribution in [0.2, 0.25) is 0 Å². The number of nitrogens with one attached hydrogen (secondary N) is 1. The molecule has 1 fully saturated rings. The molecule has 3 heterocycles. The van der Waals surface area contributed by atoms with Crippen LogP contribution in [0.3, 0.4) is 0 Å². The molecule has 0 bridgehead atoms. The van der Waals surface area contributed by atoms with Crippen LogP contribution in [-0.4, -0.2) is 49.9 Å². The molecule has 0 spiro atoms. The SMILES string of the molecule is Cc1ncsc1/C=C\C1=C(C(=O)O)N2C(=O)C(NC(=O)Cc3ccccc3)C2SC1. The lowest BCUT2D eigenvalue weighted by molar-refractivity contribution is -0.150. The summed E-state index contributed by atoms with van der Waals surface area (Å²) in [6.45, 7) is 1.88. The molecule has 0 aliphatic carbocycles. The Morgan fingerprint density at radius 2 is 2.07 bits per heavy atom. The first-order valence-electron chi connectivity index (χ1n) is 9.28. The Hall–Kier alpha value is -2.91. The van der Waals surface area contributed by atoms with Gasteiger partial charge in [-0.2, -0.15) is 0 Å². The molecule has 2 amide bonds. The van der Waals surface area contributed by atoms with Crippen molar-refractivity contribution < 1.29 is 19.5 Å². The molecule has 2 N–H and O–H groups in total. The molecule has 2 aliphatic heterocycles. The summed E-state index contributed by atoms with van der Waals surface area (Å²) in [6, 6.07) is 8.55. The van der Waals surface area contributed by atoms with E-state index in [2.05, 4.69) is 10.3 Å². The number of carboxylic acids is 1. The van der Waals surface area contributed by atoms with Crippen molar-refractivity contribution in [2.75, 3.05) is 5.75 Å². The zero-order valence-electron chi connectivity index (χ0n) is 16.1. The molecule has 154 valence electrons. The van der Waals surface area contributed by atoms with Gasteiger partial charge < -0.3 is 10.4 Å². The average molecular weight is 442 g/mol. The predicted octanol–water partition coefficient (Wildman–Crippen LogP) is 2.45. The molecule has 30 heavy (non-hydrogen) atoms. The molecule has 7 nitrogen and oxygen atoms in total. The van der Waals surface area contributed by atoms with Gasteiger partial charge in [0.2, 0.25) is 5.91 Å². The zero-order valence-corrected chi connectivity index (χ0v) is 17.7. The minimum Gasteiger partial charge on any atom is -0.477 e. The molecule has 2 aliphatic rings. The fourth-order valence-electron chi connectivity index (χ4n) is 3.42. The summed E-state index contributed by atoms with van der Waals surface area (Å²) in [5.41, 5.74) is 4.01. The van der Waals surface area contributed by atoms with Crippen LogP contribution in [0.4, 0.5) is 0 Å². The summed E-state index contributed by atoms with van der Waals surface area (Å²) in [5.74, 6) is -1.36. The van der Waals surface area contributed by atoms with E-state index in [1.165, 1.54) is 28.0 Å². The summed E-state index contributed by atoms with van der Waals surface area (Å²) < 4.78 is 0. The van der Waals surface area contributed by atoms with Crippen molar-refractivity contribution in [2.24, 2.45) is 0 Å². The van der Waals surface area contributed by atoms with Crippen molar-refractivity contribution in [3.63, 3.8) is 0 Å². The molecule has 2 atom stereocenters. The van der Waals surface area contributed by atoms with Crippen LogP contribution in [0.25, 0.3) is 6.08 Å². The van der Waals surface area contributed by atoms with Crippen molar-refractivity contribution in [3.8, 4) is 0 Å². The summed E-state index contributed by atoms with van der Waals surface area (Å²) in [4.78, 5) is 43.4. The average Bonchev–Trinajstić information content (AvgIpc) is 3.15. The molecule has 0 radical (unpaired) electrons. The maximum atomic E-state index is 12.7. The number of aromatic nitrogens is 1. The van der Waals surface area contributed by atoms with E-state index in [4.69, 9.17) is 0 Å². The highest BCUT2D eigenvalue weighted by Gasteiger charge is 2.53. The third-order valence-corrected chi connectivity index (χ3v) is 7.14. The number of hydrogen-bond donors (Lipinski definition) is 2. The van der Waals surface area contributed by atoms with Gasteiger partial charge in [-0.3, -0.25) is 14.5 Å². The van der Waals surface area contributed by atoms with Crippen molar-refractivity contribution in [3.05, 3.63) is 69.3 Å². The molecular formula is C21H19N3O4S2. The number of β-lactam (4-membered cyclic amide) rings is 1. The number of fused-ring (bicyclic) bond motifs is 1. The Balaban J connectivity index is 1.49. The Morgan fingerprint density at radius 3 is 2.73 bits per heavy atom. The first-order chi connectivity index (χ1) is 14.5. The largest absolute Gasteiger partial charge is 0.477 e. The first-order valence-corrected chi connectivity index (χ1v) is 11.2. The second-order valence-corrected chi connectivity index (χ2v) is 8.92. The molecule has 0 saturated carbocycles. The van der Waals surface area contributed by atoms with Gasteiger partial charge in [0.1, 0.15) is 17.1 Å². The number of benzene rings is 1. The quantitative estimate of drug-likeness (QED) is 0.668. The number of aryl methyl sites for hydroxylation is 1. The van der Waals surface area contributed by atoms with Crippen LogP contribution in [0.5, 0.6) is 0 Å². The van der Waals surface area contributed by atoms with Crippen molar-refractivity contribution >= 4 is 47.0 Å². The number of allylic oxidation sites excluding steroid dienone is 1. The summed E-state index contributed by atoms with van der Waals surface area (Å²) in [7, 11) is 0. The third-order valence-electron chi connectivity index (χ3n) is 4.94. The lowest BCUT2D eigenvalue weighted by atomic mass is 10.0. The van der Waals surface area contributed by atoms with Gasteiger partial charge >= 0.3 is 5.97 Å². The summed E-state index contributed by atoms with van der Waals surface area (Å²) in [5, 5.41) is 12.1. The summed E-state index contributed by atoms with van der Waals surface area (Å²) in [6.07, 6.45) is 3.74. The number of rotatable bonds is 6. The highest BCUT2D eigenvalue weighted by atomic mass is 32.2. The molecule has 2 aromatic rings. The first kappa shape index (κ1) is 20.4.